The van der Waals surface area contributed by atoms with Crippen LogP contribution < -0.4 is 5.32 Å². The minimum atomic E-state index is 0.683. The molecule has 1 heteroatoms. The van der Waals surface area contributed by atoms with Gasteiger partial charge in [-0.3, -0.25) is 0 Å². The van der Waals surface area contributed by atoms with E-state index in [9.17, 15) is 0 Å². The molecule has 0 saturated carbocycles. The van der Waals surface area contributed by atoms with Gasteiger partial charge < -0.3 is 5.32 Å². The van der Waals surface area contributed by atoms with Gasteiger partial charge in [0.05, 0.1) is 0 Å². The standard InChI is InChI=1S/C14H23N/c1-4-10-15-11-13-6-8-14(9-7-13)12(3)5-2/h6-9,12,15H,4-5,10-11H2,1-3H3. The Labute approximate surface area is 93.9 Å². The summed E-state index contributed by atoms with van der Waals surface area (Å²) in [6.45, 7) is 8.81. The summed E-state index contributed by atoms with van der Waals surface area (Å²) in [7, 11) is 0. The largest absolute Gasteiger partial charge is 0.313 e. The molecule has 15 heavy (non-hydrogen) atoms. The molecule has 0 heterocycles. The van der Waals surface area contributed by atoms with E-state index in [4.69, 9.17) is 0 Å². The highest BCUT2D eigenvalue weighted by Gasteiger charge is 2.01. The van der Waals surface area contributed by atoms with Crippen molar-refractivity contribution in [1.29, 1.82) is 0 Å². The minimum Gasteiger partial charge on any atom is -0.313 e. The molecule has 0 radical (unpaired) electrons. The van der Waals surface area contributed by atoms with E-state index < -0.39 is 0 Å². The van der Waals surface area contributed by atoms with Gasteiger partial charge in [-0.1, -0.05) is 45.0 Å². The van der Waals surface area contributed by atoms with Crippen molar-refractivity contribution in [3.63, 3.8) is 0 Å². The molecule has 0 aliphatic heterocycles. The zero-order valence-electron chi connectivity index (χ0n) is 10.2. The van der Waals surface area contributed by atoms with Crippen molar-refractivity contribution in [2.45, 2.75) is 46.1 Å². The lowest BCUT2D eigenvalue weighted by Crippen LogP contribution is -2.13. The fourth-order valence-corrected chi connectivity index (χ4v) is 1.61. The van der Waals surface area contributed by atoms with E-state index in [2.05, 4.69) is 50.4 Å². The highest BCUT2D eigenvalue weighted by atomic mass is 14.8. The van der Waals surface area contributed by atoms with E-state index in [-0.39, 0.29) is 0 Å². The van der Waals surface area contributed by atoms with Gasteiger partial charge >= 0.3 is 0 Å². The molecular formula is C14H23N. The SMILES string of the molecule is CCCNCc1ccc(C(C)CC)cc1. The van der Waals surface area contributed by atoms with Crippen molar-refractivity contribution < 1.29 is 0 Å². The van der Waals surface area contributed by atoms with E-state index in [1.54, 1.807) is 0 Å². The first-order valence-corrected chi connectivity index (χ1v) is 6.07. The average molecular weight is 205 g/mol. The predicted molar refractivity (Wildman–Crippen MR) is 67.1 cm³/mol. The number of benzene rings is 1. The molecule has 1 aromatic rings. The van der Waals surface area contributed by atoms with Crippen molar-refractivity contribution in [3.05, 3.63) is 35.4 Å². The fraction of sp³-hybridized carbons (Fsp3) is 0.571. The smallest absolute Gasteiger partial charge is 0.0205 e. The highest BCUT2D eigenvalue weighted by Crippen LogP contribution is 2.18. The van der Waals surface area contributed by atoms with Crippen LogP contribution in [-0.2, 0) is 6.54 Å². The van der Waals surface area contributed by atoms with Gasteiger partial charge in [-0.25, -0.2) is 0 Å². The molecule has 0 aliphatic rings. The van der Waals surface area contributed by atoms with Crippen LogP contribution in [0.2, 0.25) is 0 Å². The van der Waals surface area contributed by atoms with E-state index in [0.717, 1.165) is 13.1 Å². The van der Waals surface area contributed by atoms with Crippen molar-refractivity contribution in [2.24, 2.45) is 0 Å². The lowest BCUT2D eigenvalue weighted by Gasteiger charge is -2.10. The Bertz CT molecular complexity index is 263. The lowest BCUT2D eigenvalue weighted by molar-refractivity contribution is 0.674. The van der Waals surface area contributed by atoms with Crippen LogP contribution in [0.15, 0.2) is 24.3 Å². The lowest BCUT2D eigenvalue weighted by atomic mass is 9.98. The van der Waals surface area contributed by atoms with Gasteiger partial charge in [0.2, 0.25) is 0 Å². The first-order chi connectivity index (χ1) is 7.27. The minimum absolute atomic E-state index is 0.683. The van der Waals surface area contributed by atoms with Gasteiger partial charge in [0.1, 0.15) is 0 Å². The zero-order valence-corrected chi connectivity index (χ0v) is 10.2. The highest BCUT2D eigenvalue weighted by molar-refractivity contribution is 5.24. The molecule has 1 rings (SSSR count). The molecular weight excluding hydrogens is 182 g/mol. The van der Waals surface area contributed by atoms with Crippen molar-refractivity contribution in [3.8, 4) is 0 Å². The van der Waals surface area contributed by atoms with E-state index in [0.29, 0.717) is 5.92 Å². The summed E-state index contributed by atoms with van der Waals surface area (Å²) >= 11 is 0. The monoisotopic (exact) mass is 205 g/mol. The van der Waals surface area contributed by atoms with E-state index in [1.807, 2.05) is 0 Å². The third kappa shape index (κ3) is 4.05. The summed E-state index contributed by atoms with van der Waals surface area (Å²) in [4.78, 5) is 0. The molecule has 84 valence electrons. The Morgan fingerprint density at radius 1 is 1.13 bits per heavy atom. The summed E-state index contributed by atoms with van der Waals surface area (Å²) in [5, 5.41) is 3.41. The third-order valence-corrected chi connectivity index (χ3v) is 2.92. The van der Waals surface area contributed by atoms with Gasteiger partial charge in [0.25, 0.3) is 0 Å². The second-order valence-electron chi connectivity index (χ2n) is 4.23. The van der Waals surface area contributed by atoms with Gasteiger partial charge in [0, 0.05) is 6.54 Å². The van der Waals surface area contributed by atoms with Crippen LogP contribution in [0.3, 0.4) is 0 Å². The van der Waals surface area contributed by atoms with Crippen LogP contribution in [0.25, 0.3) is 0 Å². The number of nitrogens with one attached hydrogen (secondary N) is 1. The summed E-state index contributed by atoms with van der Waals surface area (Å²) < 4.78 is 0. The maximum Gasteiger partial charge on any atom is 0.0205 e. The molecule has 0 amide bonds. The summed E-state index contributed by atoms with van der Waals surface area (Å²) in [5.41, 5.74) is 2.84. The Balaban J connectivity index is 2.49. The van der Waals surface area contributed by atoms with Gasteiger partial charge in [-0.15, -0.1) is 0 Å². The summed E-state index contributed by atoms with van der Waals surface area (Å²) in [6.07, 6.45) is 2.42. The number of rotatable bonds is 6. The van der Waals surface area contributed by atoms with Crippen LogP contribution in [0, 0.1) is 0 Å². The summed E-state index contributed by atoms with van der Waals surface area (Å²) in [5.74, 6) is 0.683. The molecule has 0 aliphatic carbocycles. The van der Waals surface area contributed by atoms with Crippen LogP contribution in [0.1, 0.15) is 50.7 Å². The van der Waals surface area contributed by atoms with Crippen LogP contribution in [0.4, 0.5) is 0 Å². The summed E-state index contributed by atoms with van der Waals surface area (Å²) in [6, 6.07) is 9.00. The molecule has 1 aromatic carbocycles. The number of hydrogen-bond donors (Lipinski definition) is 1. The third-order valence-electron chi connectivity index (χ3n) is 2.92. The second kappa shape index (κ2) is 6.62. The first kappa shape index (κ1) is 12.3. The van der Waals surface area contributed by atoms with Crippen LogP contribution in [-0.4, -0.2) is 6.54 Å². The number of hydrogen-bond acceptors (Lipinski definition) is 1. The van der Waals surface area contributed by atoms with Crippen LogP contribution in [0.5, 0.6) is 0 Å². The molecule has 1 nitrogen and oxygen atoms in total. The van der Waals surface area contributed by atoms with E-state index >= 15 is 0 Å². The Morgan fingerprint density at radius 3 is 2.33 bits per heavy atom. The quantitative estimate of drug-likeness (QED) is 0.698. The van der Waals surface area contributed by atoms with Gasteiger partial charge in [0.15, 0.2) is 0 Å². The van der Waals surface area contributed by atoms with Crippen molar-refractivity contribution in [2.75, 3.05) is 6.54 Å². The molecule has 0 aromatic heterocycles. The second-order valence-corrected chi connectivity index (χ2v) is 4.23. The average Bonchev–Trinajstić information content (AvgIpc) is 2.29. The molecule has 1 N–H and O–H groups in total. The fourth-order valence-electron chi connectivity index (χ4n) is 1.61. The van der Waals surface area contributed by atoms with Crippen LogP contribution >= 0.6 is 0 Å². The maximum atomic E-state index is 3.41. The van der Waals surface area contributed by atoms with Crippen molar-refractivity contribution in [1.82, 2.24) is 5.32 Å². The predicted octanol–water partition coefficient (Wildman–Crippen LogP) is 3.70. The maximum absolute atomic E-state index is 3.41. The zero-order chi connectivity index (χ0) is 11.1. The van der Waals surface area contributed by atoms with Gasteiger partial charge in [-0.2, -0.15) is 0 Å². The van der Waals surface area contributed by atoms with E-state index in [1.165, 1.54) is 24.0 Å². The molecule has 1 unspecified atom stereocenters. The normalized spacial score (nSPS) is 12.7. The Morgan fingerprint density at radius 2 is 1.80 bits per heavy atom. The molecule has 0 bridgehead atoms. The first-order valence-electron chi connectivity index (χ1n) is 6.07. The van der Waals surface area contributed by atoms with Crippen molar-refractivity contribution >= 4 is 0 Å². The van der Waals surface area contributed by atoms with Gasteiger partial charge in [-0.05, 0) is 36.4 Å². The molecule has 0 spiro atoms. The molecule has 1 atom stereocenters. The molecule has 0 saturated heterocycles. The Hall–Kier alpha value is -0.820. The topological polar surface area (TPSA) is 12.0 Å². The molecule has 0 fully saturated rings. The Kier molecular flexibility index (Phi) is 5.41.